The Morgan fingerprint density at radius 1 is 0.516 bits per heavy atom. The summed E-state index contributed by atoms with van der Waals surface area (Å²) < 4.78 is 59.9. The molecule has 4 aromatic carbocycles. The maximum absolute atomic E-state index is 12.4. The summed E-state index contributed by atoms with van der Waals surface area (Å²) in [4.78, 5) is 0. The summed E-state index contributed by atoms with van der Waals surface area (Å²) in [7, 11) is -8.94. The molecular weight excluding hydrogens is 458 g/mol. The number of benzene rings is 4. The van der Waals surface area contributed by atoms with Crippen molar-refractivity contribution in [3.05, 3.63) is 84.9 Å². The second-order valence-corrected chi connectivity index (χ2v) is 9.86. The first kappa shape index (κ1) is 26.2. The number of hydrogen-bond donors (Lipinski definition) is 0. The van der Waals surface area contributed by atoms with E-state index in [9.17, 15) is 16.8 Å². The Kier molecular flexibility index (Phi) is 9.01. The molecular formula is C21H18Na2O6S2. The van der Waals surface area contributed by atoms with Gasteiger partial charge in [0, 0.05) is 10.8 Å². The van der Waals surface area contributed by atoms with Crippen molar-refractivity contribution < 1.29 is 25.2 Å². The van der Waals surface area contributed by atoms with Crippen molar-refractivity contribution in [2.45, 2.75) is 0 Å². The molecule has 0 aliphatic carbocycles. The Morgan fingerprint density at radius 3 is 1.29 bits per heavy atom. The van der Waals surface area contributed by atoms with E-state index in [4.69, 9.17) is 8.37 Å². The van der Waals surface area contributed by atoms with Crippen molar-refractivity contribution >= 4 is 101 Å². The fourth-order valence-electron chi connectivity index (χ4n) is 3.04. The Balaban J connectivity index is 0.00000171. The molecule has 0 N–H and O–H groups in total. The van der Waals surface area contributed by atoms with E-state index in [1.807, 2.05) is 12.1 Å². The van der Waals surface area contributed by atoms with E-state index in [1.165, 1.54) is 12.1 Å². The third-order valence-electron chi connectivity index (χ3n) is 4.22. The molecule has 4 rings (SSSR count). The van der Waals surface area contributed by atoms with Crippen LogP contribution in [-0.2, 0) is 20.2 Å². The van der Waals surface area contributed by atoms with Gasteiger partial charge in [0.2, 0.25) is 5.08 Å². The molecule has 0 atom stereocenters. The zero-order chi connectivity index (χ0) is 20.5. The molecule has 152 valence electrons. The van der Waals surface area contributed by atoms with Gasteiger partial charge in [0.25, 0.3) is 0 Å². The quantitative estimate of drug-likeness (QED) is 0.314. The van der Waals surface area contributed by atoms with Crippen molar-refractivity contribution in [1.82, 2.24) is 0 Å². The van der Waals surface area contributed by atoms with Gasteiger partial charge in [0.1, 0.15) is 11.5 Å². The molecule has 6 nitrogen and oxygen atoms in total. The summed E-state index contributed by atoms with van der Waals surface area (Å²) in [5.74, 6) is 0.118. The Morgan fingerprint density at radius 2 is 0.871 bits per heavy atom. The van der Waals surface area contributed by atoms with Crippen LogP contribution in [0.4, 0.5) is 0 Å². The van der Waals surface area contributed by atoms with E-state index in [2.05, 4.69) is 0 Å². The van der Waals surface area contributed by atoms with Crippen LogP contribution in [0.25, 0.3) is 21.5 Å². The first-order valence-electron chi connectivity index (χ1n) is 8.63. The van der Waals surface area contributed by atoms with Crippen LogP contribution in [-0.4, -0.2) is 81.0 Å². The molecule has 31 heavy (non-hydrogen) atoms. The van der Waals surface area contributed by atoms with Crippen molar-refractivity contribution in [3.8, 4) is 11.5 Å². The molecule has 0 amide bonds. The van der Waals surface area contributed by atoms with Crippen molar-refractivity contribution in [3.63, 3.8) is 0 Å². The fraction of sp³-hybridized carbons (Fsp3) is 0.0476. The minimum absolute atomic E-state index is 0. The predicted molar refractivity (Wildman–Crippen MR) is 126 cm³/mol. The second kappa shape index (κ2) is 10.7. The van der Waals surface area contributed by atoms with Crippen LogP contribution >= 0.6 is 0 Å². The van der Waals surface area contributed by atoms with Crippen LogP contribution in [0.5, 0.6) is 11.5 Å². The van der Waals surface area contributed by atoms with Gasteiger partial charge in [-0.2, -0.15) is 16.8 Å². The summed E-state index contributed by atoms with van der Waals surface area (Å²) in [6.45, 7) is 0. The summed E-state index contributed by atoms with van der Waals surface area (Å²) >= 11 is 0. The Hall–Kier alpha value is -1.10. The molecule has 0 saturated heterocycles. The average molecular weight is 476 g/mol. The van der Waals surface area contributed by atoms with Crippen LogP contribution < -0.4 is 8.37 Å². The van der Waals surface area contributed by atoms with Gasteiger partial charge in [-0.25, -0.2) is 0 Å². The first-order chi connectivity index (χ1) is 13.8. The van der Waals surface area contributed by atoms with Crippen molar-refractivity contribution in [2.24, 2.45) is 0 Å². The van der Waals surface area contributed by atoms with Crippen LogP contribution in [0.2, 0.25) is 0 Å². The molecule has 0 aliphatic rings. The van der Waals surface area contributed by atoms with E-state index in [-0.39, 0.29) is 70.6 Å². The monoisotopic (exact) mass is 476 g/mol. The van der Waals surface area contributed by atoms with E-state index in [0.717, 1.165) is 10.8 Å². The molecule has 0 aliphatic heterocycles. The summed E-state index contributed by atoms with van der Waals surface area (Å²) in [6.07, 6.45) is 0. The molecule has 0 bridgehead atoms. The van der Waals surface area contributed by atoms with Crippen LogP contribution in [0.3, 0.4) is 0 Å². The van der Waals surface area contributed by atoms with Crippen molar-refractivity contribution in [1.29, 1.82) is 0 Å². The van der Waals surface area contributed by atoms with Gasteiger partial charge in [-0.1, -0.05) is 72.8 Å². The zero-order valence-corrected chi connectivity index (χ0v) is 16.7. The number of rotatable bonds is 6. The normalized spacial score (nSPS) is 11.4. The van der Waals surface area contributed by atoms with Gasteiger partial charge < -0.3 is 8.37 Å². The summed E-state index contributed by atoms with van der Waals surface area (Å²) in [5.41, 5.74) is 0. The number of fused-ring (bicyclic) bond motifs is 2. The van der Waals surface area contributed by atoms with Crippen LogP contribution in [0.1, 0.15) is 0 Å². The van der Waals surface area contributed by atoms with Crippen LogP contribution in [0, 0.1) is 0 Å². The molecule has 10 heteroatoms. The molecule has 0 heterocycles. The molecule has 0 fully saturated rings. The van der Waals surface area contributed by atoms with E-state index < -0.39 is 25.3 Å². The molecule has 0 saturated carbocycles. The third-order valence-corrected chi connectivity index (χ3v) is 7.40. The predicted octanol–water partition coefficient (Wildman–Crippen LogP) is 2.77. The Bertz CT molecular complexity index is 1300. The molecule has 4 aromatic rings. The van der Waals surface area contributed by atoms with Gasteiger partial charge in [0.15, 0.2) is 0 Å². The molecule has 0 spiro atoms. The van der Waals surface area contributed by atoms with Gasteiger partial charge in [-0.3, -0.25) is 0 Å². The SMILES string of the molecule is O=S(=O)(CS(=O)(=O)Oc1cccc2ccccc12)Oc1cccc2ccccc12.[NaH].[NaH]. The summed E-state index contributed by atoms with van der Waals surface area (Å²) in [5, 5.41) is 1.36. The van der Waals surface area contributed by atoms with E-state index in [0.29, 0.717) is 10.8 Å². The maximum atomic E-state index is 12.4. The molecule has 0 unspecified atom stereocenters. The van der Waals surface area contributed by atoms with Crippen molar-refractivity contribution in [2.75, 3.05) is 5.08 Å². The van der Waals surface area contributed by atoms with Gasteiger partial charge >= 0.3 is 79.4 Å². The van der Waals surface area contributed by atoms with Crippen LogP contribution in [0.15, 0.2) is 84.9 Å². The average Bonchev–Trinajstić information content (AvgIpc) is 2.67. The number of hydrogen-bond acceptors (Lipinski definition) is 6. The van der Waals surface area contributed by atoms with Gasteiger partial charge in [-0.15, -0.1) is 0 Å². The minimum atomic E-state index is -4.47. The van der Waals surface area contributed by atoms with Gasteiger partial charge in [-0.05, 0) is 22.9 Å². The third kappa shape index (κ3) is 6.46. The second-order valence-electron chi connectivity index (χ2n) is 6.35. The molecule has 0 aromatic heterocycles. The standard InChI is InChI=1S/C21H16O6S2.2Na.2H/c22-28(23,26-20-13-5-9-16-7-1-3-11-18(16)20)15-29(24,25)27-21-14-6-10-17-8-2-4-12-19(17)21;;;;/h1-14H,15H2;;;;. The Labute approximate surface area is 225 Å². The van der Waals surface area contributed by atoms with Gasteiger partial charge in [0.05, 0.1) is 0 Å². The summed E-state index contributed by atoms with van der Waals surface area (Å²) in [6, 6.07) is 23.9. The van der Waals surface area contributed by atoms with E-state index >= 15 is 0 Å². The fourth-order valence-corrected chi connectivity index (χ4v) is 5.67. The molecule has 0 radical (unpaired) electrons. The van der Waals surface area contributed by atoms with E-state index in [1.54, 1.807) is 60.7 Å². The first-order valence-corrected chi connectivity index (χ1v) is 11.8. The topological polar surface area (TPSA) is 86.7 Å². The zero-order valence-electron chi connectivity index (χ0n) is 15.1.